The normalized spacial score (nSPS) is 11.9. The van der Waals surface area contributed by atoms with Crippen molar-refractivity contribution >= 4 is 26.9 Å². The Labute approximate surface area is 133 Å². The molecule has 0 saturated carbocycles. The highest BCUT2D eigenvalue weighted by molar-refractivity contribution is 7.93. The average Bonchev–Trinajstić information content (AvgIpc) is 3.12. The summed E-state index contributed by atoms with van der Waals surface area (Å²) in [6, 6.07) is 6.72. The van der Waals surface area contributed by atoms with Crippen LogP contribution >= 0.6 is 0 Å². The first-order valence-electron chi connectivity index (χ1n) is 6.98. The standard InChI is InChI=1S/C14H16N4O4S/c1-3-21-9-12-15-16-14(22-12)17-23(19,20)11-6-4-5-10-7-8-18(2)13(10)11/h4-8H,3,9H2,1-2H3,(H,16,17). The van der Waals surface area contributed by atoms with E-state index < -0.39 is 10.0 Å². The Morgan fingerprint density at radius 3 is 2.91 bits per heavy atom. The fraction of sp³-hybridized carbons (Fsp3) is 0.286. The van der Waals surface area contributed by atoms with Crippen LogP contribution in [0.1, 0.15) is 12.8 Å². The van der Waals surface area contributed by atoms with Crippen molar-refractivity contribution in [3.8, 4) is 0 Å². The molecular weight excluding hydrogens is 320 g/mol. The minimum atomic E-state index is -3.85. The summed E-state index contributed by atoms with van der Waals surface area (Å²) < 4.78 is 39.6. The van der Waals surface area contributed by atoms with Crippen molar-refractivity contribution in [3.05, 3.63) is 36.4 Å². The molecule has 2 aromatic heterocycles. The largest absolute Gasteiger partial charge is 0.405 e. The van der Waals surface area contributed by atoms with Crippen LogP contribution in [0.15, 0.2) is 39.8 Å². The predicted octanol–water partition coefficient (Wildman–Crippen LogP) is 1.90. The molecule has 3 aromatic rings. The zero-order valence-corrected chi connectivity index (χ0v) is 13.5. The van der Waals surface area contributed by atoms with E-state index in [1.165, 1.54) is 6.07 Å². The maximum Gasteiger partial charge on any atom is 0.329 e. The molecule has 8 nitrogen and oxygen atoms in total. The Hall–Kier alpha value is -2.39. The van der Waals surface area contributed by atoms with Crippen molar-refractivity contribution in [2.45, 2.75) is 18.4 Å². The van der Waals surface area contributed by atoms with E-state index in [4.69, 9.17) is 9.15 Å². The SMILES string of the molecule is CCOCc1nnc(NS(=O)(=O)c2cccc3ccn(C)c23)o1. The van der Waals surface area contributed by atoms with Gasteiger partial charge in [0.05, 0.1) is 5.52 Å². The molecule has 23 heavy (non-hydrogen) atoms. The zero-order valence-electron chi connectivity index (χ0n) is 12.7. The van der Waals surface area contributed by atoms with Gasteiger partial charge in [0.25, 0.3) is 10.0 Å². The van der Waals surface area contributed by atoms with E-state index in [0.29, 0.717) is 12.1 Å². The lowest BCUT2D eigenvalue weighted by molar-refractivity contribution is 0.115. The number of nitrogens with zero attached hydrogens (tertiary/aromatic N) is 3. The van der Waals surface area contributed by atoms with Crippen LogP contribution in [0.2, 0.25) is 0 Å². The van der Waals surface area contributed by atoms with Gasteiger partial charge in [-0.25, -0.2) is 13.1 Å². The summed E-state index contributed by atoms with van der Waals surface area (Å²) in [7, 11) is -2.06. The molecule has 0 spiro atoms. The molecule has 0 atom stereocenters. The third-order valence-electron chi connectivity index (χ3n) is 3.27. The Kier molecular flexibility index (Phi) is 4.05. The number of rotatable bonds is 6. The lowest BCUT2D eigenvalue weighted by atomic mass is 10.2. The van der Waals surface area contributed by atoms with Crippen LogP contribution in [0, 0.1) is 0 Å². The fourth-order valence-electron chi connectivity index (χ4n) is 2.25. The van der Waals surface area contributed by atoms with E-state index in [9.17, 15) is 8.42 Å². The molecule has 0 aliphatic heterocycles. The number of hydrogen-bond donors (Lipinski definition) is 1. The lowest BCUT2D eigenvalue weighted by Crippen LogP contribution is -2.14. The molecule has 0 amide bonds. The van der Waals surface area contributed by atoms with Crippen molar-refractivity contribution in [1.82, 2.24) is 14.8 Å². The topological polar surface area (TPSA) is 99.3 Å². The second kappa shape index (κ2) is 6.01. The van der Waals surface area contributed by atoms with Gasteiger partial charge in [-0.15, -0.1) is 5.10 Å². The van der Waals surface area contributed by atoms with Gasteiger partial charge in [0.1, 0.15) is 11.5 Å². The molecule has 9 heteroatoms. The predicted molar refractivity (Wildman–Crippen MR) is 83.4 cm³/mol. The van der Waals surface area contributed by atoms with Gasteiger partial charge in [0.15, 0.2) is 0 Å². The highest BCUT2D eigenvalue weighted by Crippen LogP contribution is 2.25. The summed E-state index contributed by atoms with van der Waals surface area (Å²) in [4.78, 5) is 0.145. The molecule has 3 rings (SSSR count). The van der Waals surface area contributed by atoms with E-state index in [2.05, 4.69) is 14.9 Å². The number of anilines is 1. The smallest absolute Gasteiger partial charge is 0.329 e. The number of aromatic nitrogens is 3. The third kappa shape index (κ3) is 3.06. The number of sulfonamides is 1. The maximum absolute atomic E-state index is 12.6. The third-order valence-corrected chi connectivity index (χ3v) is 4.62. The van der Waals surface area contributed by atoms with Gasteiger partial charge in [-0.1, -0.05) is 17.2 Å². The van der Waals surface area contributed by atoms with E-state index in [0.717, 1.165) is 5.39 Å². The van der Waals surface area contributed by atoms with Crippen molar-refractivity contribution in [3.63, 3.8) is 0 Å². The quantitative estimate of drug-likeness (QED) is 0.738. The van der Waals surface area contributed by atoms with Crippen molar-refractivity contribution in [1.29, 1.82) is 0 Å². The molecule has 0 aliphatic rings. The summed E-state index contributed by atoms with van der Waals surface area (Å²) >= 11 is 0. The van der Waals surface area contributed by atoms with E-state index in [1.54, 1.807) is 23.9 Å². The first-order chi connectivity index (χ1) is 11.0. The van der Waals surface area contributed by atoms with Crippen molar-refractivity contribution < 1.29 is 17.6 Å². The molecule has 1 aromatic carbocycles. The second-order valence-electron chi connectivity index (χ2n) is 4.86. The number of hydrogen-bond acceptors (Lipinski definition) is 6. The van der Waals surface area contributed by atoms with Gasteiger partial charge >= 0.3 is 6.01 Å². The van der Waals surface area contributed by atoms with Gasteiger partial charge in [0.2, 0.25) is 5.89 Å². The van der Waals surface area contributed by atoms with Gasteiger partial charge in [-0.3, -0.25) is 0 Å². The van der Waals surface area contributed by atoms with Gasteiger partial charge in [0, 0.05) is 25.2 Å². The van der Waals surface area contributed by atoms with E-state index >= 15 is 0 Å². The Morgan fingerprint density at radius 1 is 1.30 bits per heavy atom. The monoisotopic (exact) mass is 336 g/mol. The van der Waals surface area contributed by atoms with Crippen LogP contribution in [0.4, 0.5) is 6.01 Å². The number of ether oxygens (including phenoxy) is 1. The van der Waals surface area contributed by atoms with Crippen LogP contribution in [-0.2, 0) is 28.4 Å². The molecule has 1 N–H and O–H groups in total. The number of nitrogens with one attached hydrogen (secondary N) is 1. The summed E-state index contributed by atoms with van der Waals surface area (Å²) in [5.74, 6) is 0.210. The van der Waals surface area contributed by atoms with Crippen molar-refractivity contribution in [2.75, 3.05) is 11.3 Å². The van der Waals surface area contributed by atoms with Crippen LogP contribution in [0.5, 0.6) is 0 Å². The van der Waals surface area contributed by atoms with E-state index in [-0.39, 0.29) is 23.4 Å². The molecule has 122 valence electrons. The fourth-order valence-corrected chi connectivity index (χ4v) is 3.44. The molecule has 0 unspecified atom stereocenters. The minimum absolute atomic E-state index is 0.138. The summed E-state index contributed by atoms with van der Waals surface area (Å²) in [5, 5.41) is 8.24. The first-order valence-corrected chi connectivity index (χ1v) is 8.46. The zero-order chi connectivity index (χ0) is 16.4. The maximum atomic E-state index is 12.6. The van der Waals surface area contributed by atoms with E-state index in [1.807, 2.05) is 19.1 Å². The minimum Gasteiger partial charge on any atom is -0.405 e. The Morgan fingerprint density at radius 2 is 2.13 bits per heavy atom. The highest BCUT2D eigenvalue weighted by atomic mass is 32.2. The van der Waals surface area contributed by atoms with Crippen LogP contribution in [0.25, 0.3) is 10.9 Å². The second-order valence-corrected chi connectivity index (χ2v) is 6.52. The number of aryl methyl sites for hydroxylation is 1. The summed E-state index contributed by atoms with van der Waals surface area (Å²) in [6.45, 7) is 2.47. The van der Waals surface area contributed by atoms with Gasteiger partial charge in [-0.2, -0.15) is 0 Å². The molecule has 0 bridgehead atoms. The average molecular weight is 336 g/mol. The van der Waals surface area contributed by atoms with Gasteiger partial charge < -0.3 is 13.7 Å². The van der Waals surface area contributed by atoms with Crippen molar-refractivity contribution in [2.24, 2.45) is 7.05 Å². The summed E-state index contributed by atoms with van der Waals surface area (Å²) in [5.41, 5.74) is 0.606. The molecule has 0 fully saturated rings. The molecule has 2 heterocycles. The molecule has 0 aliphatic carbocycles. The van der Waals surface area contributed by atoms with Crippen LogP contribution < -0.4 is 4.72 Å². The van der Waals surface area contributed by atoms with Gasteiger partial charge in [-0.05, 0) is 19.1 Å². The number of para-hydroxylation sites is 1. The Bertz CT molecular complexity index is 929. The summed E-state index contributed by atoms with van der Waals surface area (Å²) in [6.07, 6.45) is 1.80. The molecule has 0 radical (unpaired) electrons. The number of fused-ring (bicyclic) bond motifs is 1. The first kappa shape index (κ1) is 15.5. The highest BCUT2D eigenvalue weighted by Gasteiger charge is 2.21. The number of benzene rings is 1. The molecular formula is C14H16N4O4S. The Balaban J connectivity index is 1.92. The van der Waals surface area contributed by atoms with Crippen LogP contribution in [0.3, 0.4) is 0 Å². The lowest BCUT2D eigenvalue weighted by Gasteiger charge is -2.07. The molecule has 0 saturated heterocycles. The van der Waals surface area contributed by atoms with Crippen LogP contribution in [-0.4, -0.2) is 29.8 Å².